The minimum absolute atomic E-state index is 0.256. The standard InChI is InChI=1S/C12H10F3NO2/c1-6-3-2-4-7-8(5-16-10(6)7)9(11(17)18)12(13,14)15/h2-5,9,16H,1H3,(H,17,18). The summed E-state index contributed by atoms with van der Waals surface area (Å²) in [4.78, 5) is 13.5. The molecule has 2 aromatic rings. The van der Waals surface area contributed by atoms with Crippen LogP contribution in [-0.4, -0.2) is 22.2 Å². The lowest BCUT2D eigenvalue weighted by atomic mass is 9.97. The van der Waals surface area contributed by atoms with Gasteiger partial charge in [0.1, 0.15) is 0 Å². The first kappa shape index (κ1) is 12.5. The van der Waals surface area contributed by atoms with Crippen LogP contribution in [0.3, 0.4) is 0 Å². The summed E-state index contributed by atoms with van der Waals surface area (Å²) in [5.74, 6) is -4.40. The molecule has 0 aliphatic rings. The van der Waals surface area contributed by atoms with Gasteiger partial charge in [-0.1, -0.05) is 18.2 Å². The maximum absolute atomic E-state index is 12.8. The maximum Gasteiger partial charge on any atom is 0.406 e. The van der Waals surface area contributed by atoms with Crippen LogP contribution < -0.4 is 0 Å². The monoisotopic (exact) mass is 257 g/mol. The highest BCUT2D eigenvalue weighted by Crippen LogP contribution is 2.38. The molecule has 0 amide bonds. The number of fused-ring (bicyclic) bond motifs is 1. The van der Waals surface area contributed by atoms with E-state index in [0.717, 1.165) is 11.8 Å². The summed E-state index contributed by atoms with van der Waals surface area (Å²) in [6, 6.07) is 4.83. The number of alkyl halides is 3. The van der Waals surface area contributed by atoms with Crippen molar-refractivity contribution in [3.63, 3.8) is 0 Å². The molecular weight excluding hydrogens is 247 g/mol. The van der Waals surface area contributed by atoms with Gasteiger partial charge in [-0.05, 0) is 12.5 Å². The smallest absolute Gasteiger partial charge is 0.406 e. The molecule has 1 heterocycles. The highest BCUT2D eigenvalue weighted by atomic mass is 19.4. The van der Waals surface area contributed by atoms with Gasteiger partial charge in [-0.2, -0.15) is 13.2 Å². The summed E-state index contributed by atoms with van der Waals surface area (Å²) in [6.07, 6.45) is -3.70. The van der Waals surface area contributed by atoms with Crippen molar-refractivity contribution in [1.29, 1.82) is 0 Å². The molecule has 1 unspecified atom stereocenters. The second-order valence-electron chi connectivity index (χ2n) is 4.05. The quantitative estimate of drug-likeness (QED) is 0.867. The molecule has 1 atom stereocenters. The molecule has 0 saturated carbocycles. The number of benzene rings is 1. The normalized spacial score (nSPS) is 13.8. The summed E-state index contributed by atoms with van der Waals surface area (Å²) in [7, 11) is 0. The predicted octanol–water partition coefficient (Wildman–Crippen LogP) is 3.21. The Balaban J connectivity index is 2.66. The van der Waals surface area contributed by atoms with E-state index < -0.39 is 18.1 Å². The van der Waals surface area contributed by atoms with Gasteiger partial charge in [0, 0.05) is 22.7 Å². The third-order valence-electron chi connectivity index (χ3n) is 2.84. The minimum Gasteiger partial charge on any atom is -0.481 e. The molecule has 1 aromatic heterocycles. The zero-order valence-corrected chi connectivity index (χ0v) is 9.38. The topological polar surface area (TPSA) is 53.1 Å². The van der Waals surface area contributed by atoms with Gasteiger partial charge in [-0.3, -0.25) is 4.79 Å². The van der Waals surface area contributed by atoms with Gasteiger partial charge in [0.15, 0.2) is 5.92 Å². The lowest BCUT2D eigenvalue weighted by Gasteiger charge is -2.15. The first-order valence-corrected chi connectivity index (χ1v) is 5.18. The second kappa shape index (κ2) is 4.04. The molecule has 3 nitrogen and oxygen atoms in total. The fourth-order valence-corrected chi connectivity index (χ4v) is 2.02. The van der Waals surface area contributed by atoms with Crippen LogP contribution in [0.4, 0.5) is 13.2 Å². The van der Waals surface area contributed by atoms with Gasteiger partial charge in [0.2, 0.25) is 0 Å². The number of hydrogen-bond acceptors (Lipinski definition) is 1. The van der Waals surface area contributed by atoms with Gasteiger partial charge in [0.25, 0.3) is 0 Å². The van der Waals surface area contributed by atoms with Crippen molar-refractivity contribution >= 4 is 16.9 Å². The van der Waals surface area contributed by atoms with E-state index in [9.17, 15) is 18.0 Å². The average Bonchev–Trinajstić information content (AvgIpc) is 2.61. The van der Waals surface area contributed by atoms with Crippen molar-refractivity contribution in [3.8, 4) is 0 Å². The van der Waals surface area contributed by atoms with Crippen molar-refractivity contribution < 1.29 is 23.1 Å². The van der Waals surface area contributed by atoms with Gasteiger partial charge in [0.05, 0.1) is 0 Å². The fraction of sp³-hybridized carbons (Fsp3) is 0.250. The molecule has 0 radical (unpaired) electrons. The molecule has 18 heavy (non-hydrogen) atoms. The molecule has 2 N–H and O–H groups in total. The van der Waals surface area contributed by atoms with Gasteiger partial charge in [-0.15, -0.1) is 0 Å². The Morgan fingerprint density at radius 3 is 2.61 bits per heavy atom. The third-order valence-corrected chi connectivity index (χ3v) is 2.84. The molecule has 2 rings (SSSR count). The third kappa shape index (κ3) is 1.94. The molecule has 1 aromatic carbocycles. The molecule has 0 bridgehead atoms. The van der Waals surface area contributed by atoms with Gasteiger partial charge >= 0.3 is 12.1 Å². The molecule has 0 fully saturated rings. The number of nitrogens with one attached hydrogen (secondary N) is 1. The largest absolute Gasteiger partial charge is 0.481 e. The Kier molecular flexibility index (Phi) is 2.80. The van der Waals surface area contributed by atoms with Crippen molar-refractivity contribution in [2.45, 2.75) is 19.0 Å². The summed E-state index contributed by atoms with van der Waals surface area (Å²) in [6.45, 7) is 1.74. The number of para-hydroxylation sites is 1. The number of carboxylic acid groups (broad SMARTS) is 1. The Bertz CT molecular complexity index is 601. The lowest BCUT2D eigenvalue weighted by Crippen LogP contribution is -2.28. The fourth-order valence-electron chi connectivity index (χ4n) is 2.02. The summed E-state index contributed by atoms with van der Waals surface area (Å²) in [5, 5.41) is 9.07. The number of carbonyl (C=O) groups is 1. The number of H-pyrrole nitrogens is 1. The first-order valence-electron chi connectivity index (χ1n) is 5.18. The maximum atomic E-state index is 12.8. The lowest BCUT2D eigenvalue weighted by molar-refractivity contribution is -0.176. The minimum atomic E-state index is -4.81. The molecular formula is C12H10F3NO2. The predicted molar refractivity (Wildman–Crippen MR) is 59.5 cm³/mol. The van der Waals surface area contributed by atoms with Crippen molar-refractivity contribution in [2.24, 2.45) is 0 Å². The number of aromatic nitrogens is 1. The zero-order chi connectivity index (χ0) is 13.5. The van der Waals surface area contributed by atoms with E-state index in [-0.39, 0.29) is 5.56 Å². The van der Waals surface area contributed by atoms with Crippen LogP contribution in [0, 0.1) is 6.92 Å². The molecule has 0 spiro atoms. The van der Waals surface area contributed by atoms with E-state index in [0.29, 0.717) is 10.9 Å². The molecule has 0 aliphatic carbocycles. The van der Waals surface area contributed by atoms with Crippen LogP contribution >= 0.6 is 0 Å². The molecule has 6 heteroatoms. The molecule has 0 aliphatic heterocycles. The summed E-state index contributed by atoms with van der Waals surface area (Å²) >= 11 is 0. The van der Waals surface area contributed by atoms with E-state index in [1.54, 1.807) is 19.1 Å². The number of aromatic amines is 1. The van der Waals surface area contributed by atoms with E-state index in [2.05, 4.69) is 4.98 Å². The van der Waals surface area contributed by atoms with E-state index in [4.69, 9.17) is 5.11 Å². The van der Waals surface area contributed by atoms with Gasteiger partial charge < -0.3 is 10.1 Å². The Morgan fingerprint density at radius 1 is 1.39 bits per heavy atom. The van der Waals surface area contributed by atoms with Crippen molar-refractivity contribution in [1.82, 2.24) is 4.98 Å². The van der Waals surface area contributed by atoms with Crippen LogP contribution in [0.25, 0.3) is 10.9 Å². The first-order chi connectivity index (χ1) is 8.32. The zero-order valence-electron chi connectivity index (χ0n) is 9.38. The Hall–Kier alpha value is -1.98. The Morgan fingerprint density at radius 2 is 2.06 bits per heavy atom. The van der Waals surface area contributed by atoms with Crippen LogP contribution in [0.1, 0.15) is 17.0 Å². The van der Waals surface area contributed by atoms with Crippen LogP contribution in [0.5, 0.6) is 0 Å². The number of hydrogen-bond donors (Lipinski definition) is 2. The van der Waals surface area contributed by atoms with E-state index in [1.165, 1.54) is 6.07 Å². The van der Waals surface area contributed by atoms with Gasteiger partial charge in [-0.25, -0.2) is 0 Å². The van der Waals surface area contributed by atoms with Crippen LogP contribution in [-0.2, 0) is 4.79 Å². The SMILES string of the molecule is Cc1cccc2c(C(C(=O)O)C(F)(F)F)c[nH]c12. The van der Waals surface area contributed by atoms with E-state index >= 15 is 0 Å². The Labute approximate surface area is 100 Å². The van der Waals surface area contributed by atoms with Crippen molar-refractivity contribution in [2.75, 3.05) is 0 Å². The van der Waals surface area contributed by atoms with Crippen molar-refractivity contribution in [3.05, 3.63) is 35.5 Å². The number of rotatable bonds is 2. The molecule has 0 saturated heterocycles. The highest BCUT2D eigenvalue weighted by Gasteiger charge is 2.47. The number of halogens is 3. The average molecular weight is 257 g/mol. The van der Waals surface area contributed by atoms with Crippen LogP contribution in [0.15, 0.2) is 24.4 Å². The van der Waals surface area contributed by atoms with E-state index in [1.807, 2.05) is 0 Å². The number of carboxylic acids is 1. The summed E-state index contributed by atoms with van der Waals surface area (Å²) < 4.78 is 38.3. The number of aliphatic carboxylic acids is 1. The highest BCUT2D eigenvalue weighted by molar-refractivity contribution is 5.91. The van der Waals surface area contributed by atoms with Crippen LogP contribution in [0.2, 0.25) is 0 Å². The number of aryl methyl sites for hydroxylation is 1. The molecule has 96 valence electrons. The summed E-state index contributed by atoms with van der Waals surface area (Å²) in [5.41, 5.74) is 1.04. The second-order valence-corrected chi connectivity index (χ2v) is 4.05.